The summed E-state index contributed by atoms with van der Waals surface area (Å²) in [6.45, 7) is 4.72. The quantitative estimate of drug-likeness (QED) is 0.444. The number of rotatable bonds is 8. The molecule has 0 aromatic heterocycles. The highest BCUT2D eigenvalue weighted by Crippen LogP contribution is 2.12. The van der Waals surface area contributed by atoms with Gasteiger partial charge in [0.1, 0.15) is 0 Å². The van der Waals surface area contributed by atoms with Crippen molar-refractivity contribution in [3.8, 4) is 6.07 Å². The van der Waals surface area contributed by atoms with E-state index in [9.17, 15) is 4.79 Å². The highest BCUT2D eigenvalue weighted by molar-refractivity contribution is 5.45. The lowest BCUT2D eigenvalue weighted by Crippen LogP contribution is -2.21. The molecule has 5 heteroatoms. The molecule has 0 spiro atoms. The third kappa shape index (κ3) is 4.94. The first-order chi connectivity index (χ1) is 9.71. The first-order valence-electron chi connectivity index (χ1n) is 6.23. The molecule has 0 aliphatic rings. The van der Waals surface area contributed by atoms with Crippen molar-refractivity contribution in [2.45, 2.75) is 13.0 Å². The van der Waals surface area contributed by atoms with Crippen LogP contribution in [0.15, 0.2) is 41.2 Å². The van der Waals surface area contributed by atoms with Crippen LogP contribution in [-0.2, 0) is 11.3 Å². The highest BCUT2D eigenvalue weighted by atomic mass is 16.1. The van der Waals surface area contributed by atoms with Crippen molar-refractivity contribution < 1.29 is 4.79 Å². The fourth-order valence-corrected chi connectivity index (χ4v) is 1.78. The van der Waals surface area contributed by atoms with Crippen LogP contribution in [0, 0.1) is 11.3 Å². The maximum atomic E-state index is 10.3. The van der Waals surface area contributed by atoms with E-state index in [1.54, 1.807) is 18.3 Å². The van der Waals surface area contributed by atoms with Gasteiger partial charge in [0.15, 0.2) is 0 Å². The Morgan fingerprint density at radius 3 is 2.75 bits per heavy atom. The summed E-state index contributed by atoms with van der Waals surface area (Å²) in [5.41, 5.74) is 2.73. The van der Waals surface area contributed by atoms with E-state index in [0.29, 0.717) is 31.5 Å². The molecule has 0 heterocycles. The van der Waals surface area contributed by atoms with Crippen molar-refractivity contribution in [2.75, 3.05) is 13.6 Å². The number of nitrogens with one attached hydrogen (secondary N) is 1. The van der Waals surface area contributed by atoms with Gasteiger partial charge in [-0.25, -0.2) is 0 Å². The Kier molecular flexibility index (Phi) is 6.55. The molecule has 1 aromatic carbocycles. The van der Waals surface area contributed by atoms with E-state index >= 15 is 0 Å². The Morgan fingerprint density at radius 2 is 2.20 bits per heavy atom. The van der Waals surface area contributed by atoms with Gasteiger partial charge in [0.2, 0.25) is 6.41 Å². The zero-order valence-corrected chi connectivity index (χ0v) is 11.5. The minimum Gasteiger partial charge on any atom is -0.372 e. The third-order valence-electron chi connectivity index (χ3n) is 2.84. The Bertz CT molecular complexity index is 514. The second kappa shape index (κ2) is 8.48. The molecule has 1 rings (SSSR count). The summed E-state index contributed by atoms with van der Waals surface area (Å²) in [7, 11) is 1.95. The van der Waals surface area contributed by atoms with Crippen LogP contribution in [0.2, 0.25) is 0 Å². The second-order valence-corrected chi connectivity index (χ2v) is 4.29. The maximum absolute atomic E-state index is 10.3. The van der Waals surface area contributed by atoms with Crippen LogP contribution in [-0.4, -0.2) is 31.6 Å². The normalized spacial score (nSPS) is 10.5. The lowest BCUT2D eigenvalue weighted by atomic mass is 10.1. The Morgan fingerprint density at radius 1 is 1.50 bits per heavy atom. The predicted molar refractivity (Wildman–Crippen MR) is 78.9 cm³/mol. The molecule has 20 heavy (non-hydrogen) atoms. The van der Waals surface area contributed by atoms with Crippen molar-refractivity contribution in [3.05, 3.63) is 47.3 Å². The molecule has 104 valence electrons. The van der Waals surface area contributed by atoms with Gasteiger partial charge in [0.05, 0.1) is 11.6 Å². The van der Waals surface area contributed by atoms with E-state index in [2.05, 4.69) is 23.1 Å². The zero-order valence-electron chi connectivity index (χ0n) is 11.5. The summed E-state index contributed by atoms with van der Waals surface area (Å²) in [5.74, 6) is 0. The lowest BCUT2D eigenvalue weighted by Gasteiger charge is -2.22. The molecule has 0 aliphatic carbocycles. The average molecular weight is 270 g/mol. The van der Waals surface area contributed by atoms with E-state index in [1.807, 2.05) is 24.1 Å². The summed E-state index contributed by atoms with van der Waals surface area (Å²) in [6.07, 6.45) is 3.06. The molecule has 0 saturated carbocycles. The molecule has 1 N–H and O–H groups in total. The molecule has 1 aromatic rings. The number of amides is 1. The van der Waals surface area contributed by atoms with Crippen LogP contribution >= 0.6 is 0 Å². The first kappa shape index (κ1) is 15.4. The van der Waals surface area contributed by atoms with E-state index in [1.165, 1.54) is 0 Å². The minimum absolute atomic E-state index is 0.558. The van der Waals surface area contributed by atoms with Crippen molar-refractivity contribution in [1.29, 1.82) is 5.26 Å². The molecular formula is C15H18N4O. The minimum atomic E-state index is 0.558. The molecule has 0 atom stereocenters. The third-order valence-corrected chi connectivity index (χ3v) is 2.84. The molecule has 0 radical (unpaired) electrons. The molecule has 0 aliphatic heterocycles. The first-order valence-corrected chi connectivity index (χ1v) is 6.23. The van der Waals surface area contributed by atoms with Crippen LogP contribution in [0.25, 0.3) is 0 Å². The van der Waals surface area contributed by atoms with E-state index < -0.39 is 0 Å². The number of benzene rings is 1. The van der Waals surface area contributed by atoms with Gasteiger partial charge < -0.3 is 10.2 Å². The predicted octanol–water partition coefficient (Wildman–Crippen LogP) is 1.67. The van der Waals surface area contributed by atoms with Gasteiger partial charge in [0.25, 0.3) is 0 Å². The standard InChI is InChI=1S/C15H18N4O/c1-17-10-15(7-8-18-12-20)19(2)11-14-5-3-13(9-16)4-6-14/h3-6,10,12H,1,7-8,11H2,2H3,(H,18,20)/b15-10-. The van der Waals surface area contributed by atoms with Crippen LogP contribution in [0.5, 0.6) is 0 Å². The number of nitriles is 1. The summed E-state index contributed by atoms with van der Waals surface area (Å²) < 4.78 is 0. The van der Waals surface area contributed by atoms with Crippen molar-refractivity contribution in [1.82, 2.24) is 10.2 Å². The van der Waals surface area contributed by atoms with Crippen LogP contribution in [0.1, 0.15) is 17.5 Å². The molecule has 0 saturated heterocycles. The fourth-order valence-electron chi connectivity index (χ4n) is 1.78. The lowest BCUT2D eigenvalue weighted by molar-refractivity contribution is -0.109. The fraction of sp³-hybridized carbons (Fsp3) is 0.267. The smallest absolute Gasteiger partial charge is 0.207 e. The monoisotopic (exact) mass is 270 g/mol. The number of carbonyl (C=O) groups excluding carboxylic acids is 1. The SMILES string of the molecule is C=N/C=C(/CCNC=O)N(C)Cc1ccc(C#N)cc1. The van der Waals surface area contributed by atoms with Gasteiger partial charge >= 0.3 is 0 Å². The number of hydrogen-bond acceptors (Lipinski definition) is 4. The van der Waals surface area contributed by atoms with E-state index in [4.69, 9.17) is 5.26 Å². The summed E-state index contributed by atoms with van der Waals surface area (Å²) >= 11 is 0. The molecule has 0 fully saturated rings. The van der Waals surface area contributed by atoms with Crippen molar-refractivity contribution in [2.24, 2.45) is 4.99 Å². The Balaban J connectivity index is 2.67. The molecule has 1 amide bonds. The molecule has 0 unspecified atom stereocenters. The molecular weight excluding hydrogens is 252 g/mol. The summed E-state index contributed by atoms with van der Waals surface area (Å²) in [6, 6.07) is 9.55. The number of hydrogen-bond donors (Lipinski definition) is 1. The van der Waals surface area contributed by atoms with Crippen molar-refractivity contribution >= 4 is 13.1 Å². The second-order valence-electron chi connectivity index (χ2n) is 4.29. The zero-order chi connectivity index (χ0) is 14.8. The van der Waals surface area contributed by atoms with E-state index in [0.717, 1.165) is 11.3 Å². The highest BCUT2D eigenvalue weighted by Gasteiger charge is 2.05. The van der Waals surface area contributed by atoms with Crippen LogP contribution in [0.4, 0.5) is 0 Å². The van der Waals surface area contributed by atoms with Gasteiger partial charge in [-0.2, -0.15) is 5.26 Å². The Labute approximate surface area is 119 Å². The maximum Gasteiger partial charge on any atom is 0.207 e. The Hall–Kier alpha value is -2.61. The van der Waals surface area contributed by atoms with Gasteiger partial charge in [-0.05, 0) is 24.4 Å². The van der Waals surface area contributed by atoms with Gasteiger partial charge in [-0.3, -0.25) is 9.79 Å². The largest absolute Gasteiger partial charge is 0.372 e. The topological polar surface area (TPSA) is 68.5 Å². The van der Waals surface area contributed by atoms with Crippen LogP contribution in [0.3, 0.4) is 0 Å². The van der Waals surface area contributed by atoms with Crippen LogP contribution < -0.4 is 5.32 Å². The summed E-state index contributed by atoms with van der Waals surface area (Å²) in [5, 5.41) is 11.4. The molecule has 0 bridgehead atoms. The van der Waals surface area contributed by atoms with Crippen molar-refractivity contribution in [3.63, 3.8) is 0 Å². The van der Waals surface area contributed by atoms with Gasteiger partial charge in [-0.1, -0.05) is 12.1 Å². The molecule has 5 nitrogen and oxygen atoms in total. The number of aliphatic imine (C=N–C) groups is 1. The number of nitrogens with zero attached hydrogens (tertiary/aromatic N) is 3. The summed E-state index contributed by atoms with van der Waals surface area (Å²) in [4.78, 5) is 16.1. The average Bonchev–Trinajstić information content (AvgIpc) is 2.47. The number of carbonyl (C=O) groups is 1. The van der Waals surface area contributed by atoms with Gasteiger partial charge in [-0.15, -0.1) is 0 Å². The van der Waals surface area contributed by atoms with E-state index in [-0.39, 0.29) is 0 Å². The van der Waals surface area contributed by atoms with Gasteiger partial charge in [0, 0.05) is 38.5 Å².